The second-order valence-electron chi connectivity index (χ2n) is 9.40. The van der Waals surface area contributed by atoms with Gasteiger partial charge in [0.15, 0.2) is 0 Å². The van der Waals surface area contributed by atoms with Crippen molar-refractivity contribution in [1.82, 2.24) is 14.5 Å². The van der Waals surface area contributed by atoms with Gasteiger partial charge in [-0.1, -0.05) is 36.8 Å². The third kappa shape index (κ3) is 4.80. The molecule has 2 fully saturated rings. The predicted molar refractivity (Wildman–Crippen MR) is 136 cm³/mol. The summed E-state index contributed by atoms with van der Waals surface area (Å²) in [6.45, 7) is 2.01. The van der Waals surface area contributed by atoms with Gasteiger partial charge in [-0.25, -0.2) is 13.2 Å². The molecular weight excluding hydrogens is 482 g/mol. The SMILES string of the molecule is CN(C)c1ccc(S(=O)(=O)N2CCCCC2)cc1NC(=O)CN1C(=O)N[C@@](C)(c2ccccc2)C1=O. The molecule has 4 amide bonds. The topological polar surface area (TPSA) is 119 Å². The lowest BCUT2D eigenvalue weighted by molar-refractivity contribution is -0.133. The largest absolute Gasteiger partial charge is 0.376 e. The number of amides is 4. The standard InChI is InChI=1S/C25H31N5O5S/c1-25(18-10-6-4-7-11-18)23(32)30(24(33)27-25)17-22(31)26-20-16-19(12-13-21(20)28(2)3)36(34,35)29-14-8-5-9-15-29/h4,6-7,10-13,16H,5,8-9,14-15,17H2,1-3H3,(H,26,31)(H,27,33)/t25-/m0/s1. The quantitative estimate of drug-likeness (QED) is 0.549. The molecule has 2 aromatic carbocycles. The third-order valence-corrected chi connectivity index (χ3v) is 8.50. The van der Waals surface area contributed by atoms with Crippen LogP contribution in [-0.4, -0.2) is 69.2 Å². The number of piperidine rings is 1. The van der Waals surface area contributed by atoms with Crippen molar-refractivity contribution in [3.8, 4) is 0 Å². The molecule has 2 aliphatic heterocycles. The Hall–Kier alpha value is -3.44. The van der Waals surface area contributed by atoms with Crippen LogP contribution in [0.4, 0.5) is 16.2 Å². The number of imide groups is 1. The molecule has 2 aliphatic rings. The van der Waals surface area contributed by atoms with Gasteiger partial charge in [0.25, 0.3) is 5.91 Å². The van der Waals surface area contributed by atoms with Crippen LogP contribution in [0.3, 0.4) is 0 Å². The molecule has 10 nitrogen and oxygen atoms in total. The Bertz CT molecular complexity index is 1280. The highest BCUT2D eigenvalue weighted by Crippen LogP contribution is 2.31. The molecule has 2 aromatic rings. The maximum Gasteiger partial charge on any atom is 0.325 e. The molecular formula is C25H31N5O5S. The van der Waals surface area contributed by atoms with Crippen LogP contribution in [0.2, 0.25) is 0 Å². The van der Waals surface area contributed by atoms with Gasteiger partial charge in [-0.15, -0.1) is 0 Å². The fourth-order valence-electron chi connectivity index (χ4n) is 4.56. The number of nitrogens with zero attached hydrogens (tertiary/aromatic N) is 3. The van der Waals surface area contributed by atoms with E-state index in [1.165, 1.54) is 16.4 Å². The van der Waals surface area contributed by atoms with Gasteiger partial charge < -0.3 is 15.5 Å². The molecule has 2 saturated heterocycles. The minimum atomic E-state index is -3.71. The van der Waals surface area contributed by atoms with Crippen LogP contribution < -0.4 is 15.5 Å². The van der Waals surface area contributed by atoms with Crippen molar-refractivity contribution in [3.05, 3.63) is 54.1 Å². The van der Waals surface area contributed by atoms with Crippen molar-refractivity contribution in [2.24, 2.45) is 0 Å². The van der Waals surface area contributed by atoms with E-state index in [1.807, 2.05) is 0 Å². The molecule has 0 aliphatic carbocycles. The number of sulfonamides is 1. The maximum absolute atomic E-state index is 13.2. The van der Waals surface area contributed by atoms with E-state index in [4.69, 9.17) is 0 Å². The molecule has 1 atom stereocenters. The van der Waals surface area contributed by atoms with Crippen LogP contribution in [0, 0.1) is 0 Å². The lowest BCUT2D eigenvalue weighted by Crippen LogP contribution is -2.42. The van der Waals surface area contributed by atoms with Gasteiger partial charge in [0.05, 0.1) is 16.3 Å². The van der Waals surface area contributed by atoms with E-state index in [0.717, 1.165) is 24.2 Å². The fourth-order valence-corrected chi connectivity index (χ4v) is 6.10. The Morgan fingerprint density at radius 2 is 1.72 bits per heavy atom. The maximum atomic E-state index is 13.2. The number of benzene rings is 2. The van der Waals surface area contributed by atoms with Gasteiger partial charge in [-0.2, -0.15) is 4.31 Å². The van der Waals surface area contributed by atoms with Crippen molar-refractivity contribution in [1.29, 1.82) is 0 Å². The van der Waals surface area contributed by atoms with Crippen LogP contribution in [0.25, 0.3) is 0 Å². The number of hydrogen-bond donors (Lipinski definition) is 2. The Balaban J connectivity index is 1.55. The monoisotopic (exact) mass is 513 g/mol. The minimum absolute atomic E-state index is 0.0805. The lowest BCUT2D eigenvalue weighted by Gasteiger charge is -2.27. The Labute approximate surface area is 211 Å². The minimum Gasteiger partial charge on any atom is -0.376 e. The van der Waals surface area contributed by atoms with Crippen LogP contribution in [-0.2, 0) is 25.2 Å². The summed E-state index contributed by atoms with van der Waals surface area (Å²) in [7, 11) is -0.173. The molecule has 2 N–H and O–H groups in total. The number of hydrogen-bond acceptors (Lipinski definition) is 6. The molecule has 192 valence electrons. The van der Waals surface area contributed by atoms with Gasteiger partial charge in [0.1, 0.15) is 12.1 Å². The Morgan fingerprint density at radius 1 is 1.06 bits per heavy atom. The Kier molecular flexibility index (Phi) is 7.05. The summed E-state index contributed by atoms with van der Waals surface area (Å²) in [4.78, 5) is 41.4. The molecule has 0 aromatic heterocycles. The van der Waals surface area contributed by atoms with Gasteiger partial charge >= 0.3 is 6.03 Å². The third-order valence-electron chi connectivity index (χ3n) is 6.60. The van der Waals surface area contributed by atoms with Crippen molar-refractivity contribution >= 4 is 39.2 Å². The van der Waals surface area contributed by atoms with Crippen LogP contribution in [0.1, 0.15) is 31.7 Å². The number of nitrogens with one attached hydrogen (secondary N) is 2. The molecule has 0 radical (unpaired) electrons. The van der Waals surface area contributed by atoms with Gasteiger partial charge in [-0.3, -0.25) is 14.5 Å². The lowest BCUT2D eigenvalue weighted by atomic mass is 9.92. The van der Waals surface area contributed by atoms with Crippen LogP contribution in [0.5, 0.6) is 0 Å². The van der Waals surface area contributed by atoms with Crippen LogP contribution in [0.15, 0.2) is 53.4 Å². The highest BCUT2D eigenvalue weighted by atomic mass is 32.2. The van der Waals surface area contributed by atoms with Crippen molar-refractivity contribution in [2.45, 2.75) is 36.6 Å². The van der Waals surface area contributed by atoms with E-state index in [-0.39, 0.29) is 10.6 Å². The van der Waals surface area contributed by atoms with Gasteiger partial charge in [0.2, 0.25) is 15.9 Å². The van der Waals surface area contributed by atoms with Crippen molar-refractivity contribution in [2.75, 3.05) is 43.9 Å². The molecule has 4 rings (SSSR count). The number of anilines is 2. The van der Waals surface area contributed by atoms with E-state index in [1.54, 1.807) is 62.3 Å². The molecule has 0 bridgehead atoms. The zero-order valence-corrected chi connectivity index (χ0v) is 21.5. The summed E-state index contributed by atoms with van der Waals surface area (Å²) in [5, 5.41) is 5.38. The highest BCUT2D eigenvalue weighted by Gasteiger charge is 2.49. The summed E-state index contributed by atoms with van der Waals surface area (Å²) < 4.78 is 27.8. The number of carbonyl (C=O) groups is 3. The second-order valence-corrected chi connectivity index (χ2v) is 11.3. The molecule has 2 heterocycles. The average Bonchev–Trinajstić information content (AvgIpc) is 3.08. The summed E-state index contributed by atoms with van der Waals surface area (Å²) in [6.07, 6.45) is 2.62. The van der Waals surface area contributed by atoms with E-state index < -0.39 is 40.0 Å². The second kappa shape index (κ2) is 9.90. The average molecular weight is 514 g/mol. The van der Waals surface area contributed by atoms with E-state index in [9.17, 15) is 22.8 Å². The zero-order valence-electron chi connectivity index (χ0n) is 20.7. The summed E-state index contributed by atoms with van der Waals surface area (Å²) in [5.74, 6) is -1.16. The summed E-state index contributed by atoms with van der Waals surface area (Å²) in [6, 6.07) is 12.7. The van der Waals surface area contributed by atoms with Crippen molar-refractivity contribution < 1.29 is 22.8 Å². The first-order valence-electron chi connectivity index (χ1n) is 11.8. The molecule has 11 heteroatoms. The number of urea groups is 1. The molecule has 0 saturated carbocycles. The predicted octanol–water partition coefficient (Wildman–Crippen LogP) is 2.33. The summed E-state index contributed by atoms with van der Waals surface area (Å²) >= 11 is 0. The summed E-state index contributed by atoms with van der Waals surface area (Å²) in [5.41, 5.74) is 0.195. The smallest absolute Gasteiger partial charge is 0.325 e. The van der Waals surface area contributed by atoms with Gasteiger partial charge in [-0.05, 0) is 43.5 Å². The first kappa shape index (κ1) is 25.6. The van der Waals surface area contributed by atoms with E-state index >= 15 is 0 Å². The number of carbonyl (C=O) groups excluding carboxylic acids is 3. The van der Waals surface area contributed by atoms with E-state index in [2.05, 4.69) is 10.6 Å². The first-order chi connectivity index (χ1) is 17.0. The highest BCUT2D eigenvalue weighted by molar-refractivity contribution is 7.89. The molecule has 0 spiro atoms. The normalized spacial score (nSPS) is 20.8. The molecule has 0 unspecified atom stereocenters. The fraction of sp³-hybridized carbons (Fsp3) is 0.400. The van der Waals surface area contributed by atoms with Crippen LogP contribution >= 0.6 is 0 Å². The van der Waals surface area contributed by atoms with Crippen molar-refractivity contribution in [3.63, 3.8) is 0 Å². The van der Waals surface area contributed by atoms with E-state index in [0.29, 0.717) is 24.3 Å². The number of rotatable bonds is 7. The zero-order chi connectivity index (χ0) is 26.1. The Morgan fingerprint density at radius 3 is 2.36 bits per heavy atom. The molecule has 36 heavy (non-hydrogen) atoms. The first-order valence-corrected chi connectivity index (χ1v) is 13.3. The van der Waals surface area contributed by atoms with Gasteiger partial charge in [0, 0.05) is 27.2 Å².